The van der Waals surface area contributed by atoms with Crippen LogP contribution < -0.4 is 0 Å². The zero-order chi connectivity index (χ0) is 12.7. The molecule has 0 spiro atoms. The second-order valence-corrected chi connectivity index (χ2v) is 5.16. The molecule has 3 heterocycles. The summed E-state index contributed by atoms with van der Waals surface area (Å²) < 4.78 is 11.1. The molecule has 3 atom stereocenters. The summed E-state index contributed by atoms with van der Waals surface area (Å²) in [6.07, 6.45) is 1.97. The predicted molar refractivity (Wildman–Crippen MR) is 61.8 cm³/mol. The first-order valence-electron chi connectivity index (χ1n) is 6.32. The third-order valence-corrected chi connectivity index (χ3v) is 3.73. The van der Waals surface area contributed by atoms with E-state index in [1.165, 1.54) is 0 Å². The molecule has 2 aliphatic heterocycles. The van der Waals surface area contributed by atoms with E-state index in [0.29, 0.717) is 24.1 Å². The molecule has 2 saturated heterocycles. The number of carbonyl (C=O) groups is 1. The van der Waals surface area contributed by atoms with E-state index in [4.69, 9.17) is 9.26 Å². The van der Waals surface area contributed by atoms with Gasteiger partial charge in [-0.05, 0) is 13.3 Å². The van der Waals surface area contributed by atoms with E-state index in [1.807, 2.05) is 11.8 Å². The maximum Gasteiger partial charge on any atom is 0.229 e. The number of rotatable bonds is 2. The largest absolute Gasteiger partial charge is 0.372 e. The Bertz CT molecular complexity index is 445. The lowest BCUT2D eigenvalue weighted by Gasteiger charge is -2.16. The Labute approximate surface area is 105 Å². The normalized spacial score (nSPS) is 30.8. The molecule has 0 unspecified atom stereocenters. The van der Waals surface area contributed by atoms with Crippen molar-refractivity contribution in [3.8, 4) is 0 Å². The summed E-state index contributed by atoms with van der Waals surface area (Å²) in [6, 6.07) is 0. The Kier molecular flexibility index (Phi) is 2.81. The van der Waals surface area contributed by atoms with Crippen molar-refractivity contribution in [2.45, 2.75) is 38.9 Å². The second kappa shape index (κ2) is 4.35. The average molecular weight is 251 g/mol. The highest BCUT2D eigenvalue weighted by molar-refractivity contribution is 5.73. The van der Waals surface area contributed by atoms with Crippen LogP contribution in [0, 0.1) is 12.8 Å². The van der Waals surface area contributed by atoms with Crippen molar-refractivity contribution in [2.24, 2.45) is 5.92 Å². The van der Waals surface area contributed by atoms with Gasteiger partial charge in [0.25, 0.3) is 0 Å². The second-order valence-electron chi connectivity index (χ2n) is 5.16. The maximum absolute atomic E-state index is 11.3. The van der Waals surface area contributed by atoms with Crippen molar-refractivity contribution >= 4 is 5.91 Å². The van der Waals surface area contributed by atoms with Gasteiger partial charge in [0, 0.05) is 25.9 Å². The lowest BCUT2D eigenvalue weighted by molar-refractivity contribution is -0.128. The zero-order valence-corrected chi connectivity index (χ0v) is 10.6. The number of carbonyl (C=O) groups excluding carboxylic acids is 1. The molecule has 3 rings (SSSR count). The molecule has 18 heavy (non-hydrogen) atoms. The molecule has 6 heteroatoms. The number of aromatic nitrogens is 2. The van der Waals surface area contributed by atoms with Crippen LogP contribution in [0.25, 0.3) is 0 Å². The smallest absolute Gasteiger partial charge is 0.229 e. The minimum Gasteiger partial charge on any atom is -0.372 e. The predicted octanol–water partition coefficient (Wildman–Crippen LogP) is 0.556. The Hall–Kier alpha value is -1.43. The minimum atomic E-state index is 0.136. The van der Waals surface area contributed by atoms with Gasteiger partial charge in [-0.1, -0.05) is 5.16 Å². The summed E-state index contributed by atoms with van der Waals surface area (Å²) in [7, 11) is 0. The van der Waals surface area contributed by atoms with E-state index in [2.05, 4.69) is 10.1 Å². The third kappa shape index (κ3) is 2.12. The van der Waals surface area contributed by atoms with Crippen molar-refractivity contribution < 1.29 is 14.1 Å². The van der Waals surface area contributed by atoms with Crippen molar-refractivity contribution in [2.75, 3.05) is 13.1 Å². The van der Waals surface area contributed by atoms with Crippen LogP contribution in [0.5, 0.6) is 0 Å². The van der Waals surface area contributed by atoms with Crippen molar-refractivity contribution in [1.29, 1.82) is 0 Å². The monoisotopic (exact) mass is 251 g/mol. The molecule has 98 valence electrons. The zero-order valence-electron chi connectivity index (χ0n) is 10.6. The van der Waals surface area contributed by atoms with Crippen LogP contribution in [-0.4, -0.2) is 46.2 Å². The fourth-order valence-electron chi connectivity index (χ4n) is 2.87. The van der Waals surface area contributed by atoms with E-state index >= 15 is 0 Å². The van der Waals surface area contributed by atoms with Gasteiger partial charge in [-0.3, -0.25) is 4.79 Å². The molecule has 0 aliphatic carbocycles. The van der Waals surface area contributed by atoms with Gasteiger partial charge in [0.1, 0.15) is 0 Å². The molecule has 2 fully saturated rings. The molecule has 1 aromatic rings. The highest BCUT2D eigenvalue weighted by Crippen LogP contribution is 2.34. The lowest BCUT2D eigenvalue weighted by Crippen LogP contribution is -2.29. The Morgan fingerprint density at radius 1 is 1.50 bits per heavy atom. The molecular weight excluding hydrogens is 234 g/mol. The van der Waals surface area contributed by atoms with Gasteiger partial charge in [0.15, 0.2) is 5.82 Å². The first-order chi connectivity index (χ1) is 8.61. The Balaban J connectivity index is 1.57. The highest BCUT2D eigenvalue weighted by Gasteiger charge is 2.43. The molecule has 6 nitrogen and oxygen atoms in total. The van der Waals surface area contributed by atoms with E-state index in [9.17, 15) is 4.79 Å². The van der Waals surface area contributed by atoms with Gasteiger partial charge in [-0.2, -0.15) is 4.98 Å². The third-order valence-electron chi connectivity index (χ3n) is 3.73. The maximum atomic E-state index is 11.3. The fourth-order valence-corrected chi connectivity index (χ4v) is 2.87. The molecule has 0 saturated carbocycles. The first-order valence-corrected chi connectivity index (χ1v) is 6.32. The summed E-state index contributed by atoms with van der Waals surface area (Å²) in [6.45, 7) is 4.96. The van der Waals surface area contributed by atoms with Crippen molar-refractivity contribution in [3.05, 3.63) is 11.7 Å². The number of ether oxygens (including phenoxy) is 1. The number of aryl methyl sites for hydroxylation is 1. The number of nitrogens with zero attached hydrogens (tertiary/aromatic N) is 3. The average Bonchev–Trinajstić information content (AvgIpc) is 2.93. The van der Waals surface area contributed by atoms with Gasteiger partial charge in [0.05, 0.1) is 18.6 Å². The van der Waals surface area contributed by atoms with E-state index < -0.39 is 0 Å². The van der Waals surface area contributed by atoms with Crippen LogP contribution in [-0.2, 0) is 16.0 Å². The standard InChI is InChI=1S/C12H17N3O3/c1-7-13-12(18-14-7)4-10-3-9-5-15(8(2)16)6-11(9)17-10/h9-11H,3-6H2,1-2H3/t9-,10+,11+/m0/s1. The van der Waals surface area contributed by atoms with Crippen LogP contribution in [0.15, 0.2) is 4.52 Å². The fraction of sp³-hybridized carbons (Fsp3) is 0.750. The molecule has 1 amide bonds. The van der Waals surface area contributed by atoms with Crippen LogP contribution in [0.1, 0.15) is 25.1 Å². The Morgan fingerprint density at radius 3 is 2.94 bits per heavy atom. The van der Waals surface area contributed by atoms with Gasteiger partial charge in [0.2, 0.25) is 11.8 Å². The molecule has 0 aromatic carbocycles. The number of hydrogen-bond donors (Lipinski definition) is 0. The van der Waals surface area contributed by atoms with Crippen molar-refractivity contribution in [1.82, 2.24) is 15.0 Å². The summed E-state index contributed by atoms with van der Waals surface area (Å²) in [4.78, 5) is 17.3. The highest BCUT2D eigenvalue weighted by atomic mass is 16.5. The number of hydrogen-bond acceptors (Lipinski definition) is 5. The van der Waals surface area contributed by atoms with Crippen molar-refractivity contribution in [3.63, 3.8) is 0 Å². The molecule has 0 N–H and O–H groups in total. The molecule has 0 bridgehead atoms. The Morgan fingerprint density at radius 2 is 2.33 bits per heavy atom. The topological polar surface area (TPSA) is 68.5 Å². The summed E-state index contributed by atoms with van der Waals surface area (Å²) >= 11 is 0. The summed E-state index contributed by atoms with van der Waals surface area (Å²) in [5.41, 5.74) is 0. The lowest BCUT2D eigenvalue weighted by atomic mass is 10.0. The molecule has 2 aliphatic rings. The number of amides is 1. The quantitative estimate of drug-likeness (QED) is 0.768. The van der Waals surface area contributed by atoms with Gasteiger partial charge in [-0.25, -0.2) is 0 Å². The van der Waals surface area contributed by atoms with Crippen LogP contribution >= 0.6 is 0 Å². The SMILES string of the molecule is CC(=O)N1C[C@@H]2C[C@H](Cc3nc(C)no3)O[C@@H]2C1. The van der Waals surface area contributed by atoms with E-state index in [0.717, 1.165) is 19.5 Å². The summed E-state index contributed by atoms with van der Waals surface area (Å²) in [5, 5.41) is 3.77. The van der Waals surface area contributed by atoms with Crippen LogP contribution in [0.2, 0.25) is 0 Å². The number of likely N-dealkylation sites (tertiary alicyclic amines) is 1. The van der Waals surface area contributed by atoms with Gasteiger partial charge >= 0.3 is 0 Å². The summed E-state index contributed by atoms with van der Waals surface area (Å²) in [5.74, 6) is 1.90. The first kappa shape index (κ1) is 11.6. The van der Waals surface area contributed by atoms with E-state index in [1.54, 1.807) is 6.92 Å². The van der Waals surface area contributed by atoms with Crippen LogP contribution in [0.3, 0.4) is 0 Å². The molecule has 0 radical (unpaired) electrons. The minimum absolute atomic E-state index is 0.136. The van der Waals surface area contributed by atoms with Gasteiger partial charge < -0.3 is 14.2 Å². The number of fused-ring (bicyclic) bond motifs is 1. The van der Waals surface area contributed by atoms with Crippen LogP contribution in [0.4, 0.5) is 0 Å². The van der Waals surface area contributed by atoms with E-state index in [-0.39, 0.29) is 18.1 Å². The molecular formula is C12H17N3O3. The molecule has 1 aromatic heterocycles. The van der Waals surface area contributed by atoms with Gasteiger partial charge in [-0.15, -0.1) is 0 Å².